The quantitative estimate of drug-likeness (QED) is 0.767. The van der Waals surface area contributed by atoms with Crippen molar-refractivity contribution in [3.8, 4) is 0 Å². The van der Waals surface area contributed by atoms with Crippen LogP contribution in [0.2, 0.25) is 0 Å². The fraction of sp³-hybridized carbons (Fsp3) is 0.538. The van der Waals surface area contributed by atoms with E-state index >= 15 is 0 Å². The monoisotopic (exact) mass is 221 g/mol. The Morgan fingerprint density at radius 3 is 2.53 bits per heavy atom. The highest BCUT2D eigenvalue weighted by Gasteiger charge is 2.37. The van der Waals surface area contributed by atoms with E-state index in [2.05, 4.69) is 54.3 Å². The molecule has 0 aromatic heterocycles. The van der Waals surface area contributed by atoms with Gasteiger partial charge in [0.05, 0.1) is 0 Å². The second-order valence-electron chi connectivity index (χ2n) is 4.20. The van der Waals surface area contributed by atoms with Gasteiger partial charge in [-0.25, -0.2) is 0 Å². The van der Waals surface area contributed by atoms with E-state index in [1.165, 1.54) is 23.5 Å². The molecule has 1 aromatic rings. The molecule has 0 atom stereocenters. The third-order valence-electron chi connectivity index (χ3n) is 3.24. The largest absolute Gasteiger partial charge is 0.315 e. The van der Waals surface area contributed by atoms with Crippen LogP contribution in [0.1, 0.15) is 18.9 Å². The highest BCUT2D eigenvalue weighted by molar-refractivity contribution is 7.99. The van der Waals surface area contributed by atoms with E-state index < -0.39 is 0 Å². The summed E-state index contributed by atoms with van der Waals surface area (Å²) in [6.07, 6.45) is 1.31. The third-order valence-corrected chi connectivity index (χ3v) is 4.14. The van der Waals surface area contributed by atoms with Crippen molar-refractivity contribution < 1.29 is 0 Å². The van der Waals surface area contributed by atoms with Crippen molar-refractivity contribution in [2.24, 2.45) is 0 Å². The van der Waals surface area contributed by atoms with Crippen LogP contribution >= 0.6 is 11.8 Å². The van der Waals surface area contributed by atoms with Crippen LogP contribution in [0.3, 0.4) is 0 Å². The van der Waals surface area contributed by atoms with E-state index in [0.29, 0.717) is 5.41 Å². The Morgan fingerprint density at radius 1 is 1.27 bits per heavy atom. The van der Waals surface area contributed by atoms with E-state index in [1.807, 2.05) is 0 Å². The number of benzene rings is 1. The molecule has 2 heteroatoms. The van der Waals surface area contributed by atoms with Gasteiger partial charge in [-0.3, -0.25) is 0 Å². The van der Waals surface area contributed by atoms with Crippen LogP contribution < -0.4 is 5.32 Å². The normalized spacial score (nSPS) is 18.5. The molecule has 1 N–H and O–H groups in total. The number of rotatable bonds is 5. The van der Waals surface area contributed by atoms with Crippen molar-refractivity contribution in [3.63, 3.8) is 0 Å². The Morgan fingerprint density at radius 2 is 2.00 bits per heavy atom. The zero-order chi connectivity index (χ0) is 10.6. The maximum atomic E-state index is 3.42. The maximum absolute atomic E-state index is 3.42. The second-order valence-corrected chi connectivity index (χ2v) is 5.59. The first-order valence-corrected chi connectivity index (χ1v) is 6.87. The lowest BCUT2D eigenvalue weighted by atomic mass is 9.73. The van der Waals surface area contributed by atoms with E-state index in [9.17, 15) is 0 Å². The lowest BCUT2D eigenvalue weighted by molar-refractivity contribution is 0.269. The van der Waals surface area contributed by atoms with E-state index in [4.69, 9.17) is 0 Å². The Bertz CT molecular complexity index is 293. The van der Waals surface area contributed by atoms with Gasteiger partial charge in [0.15, 0.2) is 0 Å². The zero-order valence-electron chi connectivity index (χ0n) is 9.33. The standard InChI is InChI=1S/C13H19NS/c1-2-15-9-8-13(10-14-11-13)12-6-4-3-5-7-12/h3-7,14H,2,8-11H2,1H3. The van der Waals surface area contributed by atoms with Crippen molar-refractivity contribution >= 4 is 11.8 Å². The lowest BCUT2D eigenvalue weighted by Gasteiger charge is -2.43. The van der Waals surface area contributed by atoms with Gasteiger partial charge in [0.25, 0.3) is 0 Å². The highest BCUT2D eigenvalue weighted by Crippen LogP contribution is 2.33. The van der Waals surface area contributed by atoms with Gasteiger partial charge in [0.2, 0.25) is 0 Å². The summed E-state index contributed by atoms with van der Waals surface area (Å²) >= 11 is 2.05. The molecule has 82 valence electrons. The molecule has 1 aliphatic rings. The SMILES string of the molecule is CCSCCC1(c2ccccc2)CNC1. The molecule has 1 aliphatic heterocycles. The third kappa shape index (κ3) is 2.37. The molecule has 0 saturated carbocycles. The molecule has 0 aliphatic carbocycles. The van der Waals surface area contributed by atoms with Crippen LogP contribution in [0.15, 0.2) is 30.3 Å². The molecule has 1 fully saturated rings. The van der Waals surface area contributed by atoms with Gasteiger partial charge in [-0.1, -0.05) is 37.3 Å². The van der Waals surface area contributed by atoms with Crippen molar-refractivity contribution in [1.82, 2.24) is 5.32 Å². The highest BCUT2D eigenvalue weighted by atomic mass is 32.2. The summed E-state index contributed by atoms with van der Waals surface area (Å²) in [6.45, 7) is 4.54. The Labute approximate surface area is 96.7 Å². The molecular weight excluding hydrogens is 202 g/mol. The molecule has 15 heavy (non-hydrogen) atoms. The molecule has 0 spiro atoms. The zero-order valence-corrected chi connectivity index (χ0v) is 10.1. The van der Waals surface area contributed by atoms with E-state index in [1.54, 1.807) is 0 Å². The molecular formula is C13H19NS. The molecule has 2 rings (SSSR count). The average molecular weight is 221 g/mol. The minimum absolute atomic E-state index is 0.434. The van der Waals surface area contributed by atoms with Gasteiger partial charge in [0, 0.05) is 18.5 Å². The van der Waals surface area contributed by atoms with Crippen LogP contribution in [-0.2, 0) is 5.41 Å². The predicted molar refractivity (Wildman–Crippen MR) is 68.6 cm³/mol. The van der Waals surface area contributed by atoms with E-state index in [0.717, 1.165) is 13.1 Å². The predicted octanol–water partition coefficient (Wildman–Crippen LogP) is 2.67. The molecule has 0 amide bonds. The number of hydrogen-bond acceptors (Lipinski definition) is 2. The Balaban J connectivity index is 2.02. The van der Waals surface area contributed by atoms with Gasteiger partial charge < -0.3 is 5.32 Å². The molecule has 1 aromatic carbocycles. The van der Waals surface area contributed by atoms with Gasteiger partial charge >= 0.3 is 0 Å². The fourth-order valence-corrected chi connectivity index (χ4v) is 2.98. The molecule has 0 bridgehead atoms. The average Bonchev–Trinajstić information content (AvgIpc) is 2.23. The van der Waals surface area contributed by atoms with E-state index in [-0.39, 0.29) is 0 Å². The fourth-order valence-electron chi connectivity index (χ4n) is 2.16. The first-order valence-electron chi connectivity index (χ1n) is 5.71. The maximum Gasteiger partial charge on any atom is 0.0210 e. The molecule has 1 nitrogen and oxygen atoms in total. The van der Waals surface area contributed by atoms with Gasteiger partial charge in [-0.15, -0.1) is 0 Å². The minimum atomic E-state index is 0.434. The molecule has 1 heterocycles. The van der Waals surface area contributed by atoms with Crippen molar-refractivity contribution in [1.29, 1.82) is 0 Å². The summed E-state index contributed by atoms with van der Waals surface area (Å²) in [7, 11) is 0. The topological polar surface area (TPSA) is 12.0 Å². The van der Waals surface area contributed by atoms with Crippen molar-refractivity contribution in [2.45, 2.75) is 18.8 Å². The summed E-state index contributed by atoms with van der Waals surface area (Å²) in [5, 5.41) is 3.42. The molecule has 0 radical (unpaired) electrons. The van der Waals surface area contributed by atoms with Crippen molar-refractivity contribution in [2.75, 3.05) is 24.6 Å². The van der Waals surface area contributed by atoms with Crippen LogP contribution in [0.5, 0.6) is 0 Å². The summed E-state index contributed by atoms with van der Waals surface area (Å²) < 4.78 is 0. The summed E-state index contributed by atoms with van der Waals surface area (Å²) in [5.74, 6) is 2.52. The summed E-state index contributed by atoms with van der Waals surface area (Å²) in [6, 6.07) is 11.0. The first kappa shape index (κ1) is 11.0. The summed E-state index contributed by atoms with van der Waals surface area (Å²) in [4.78, 5) is 0. The minimum Gasteiger partial charge on any atom is -0.315 e. The molecule has 1 saturated heterocycles. The van der Waals surface area contributed by atoms with Gasteiger partial charge in [0.1, 0.15) is 0 Å². The van der Waals surface area contributed by atoms with Crippen LogP contribution in [0.4, 0.5) is 0 Å². The second kappa shape index (κ2) is 5.04. The van der Waals surface area contributed by atoms with Crippen LogP contribution in [0.25, 0.3) is 0 Å². The first-order chi connectivity index (χ1) is 7.37. The van der Waals surface area contributed by atoms with Crippen molar-refractivity contribution in [3.05, 3.63) is 35.9 Å². The van der Waals surface area contributed by atoms with Crippen LogP contribution in [0, 0.1) is 0 Å². The number of hydrogen-bond donors (Lipinski definition) is 1. The lowest BCUT2D eigenvalue weighted by Crippen LogP contribution is -2.57. The van der Waals surface area contributed by atoms with Gasteiger partial charge in [-0.05, 0) is 23.5 Å². The number of thioether (sulfide) groups is 1. The Kier molecular flexibility index (Phi) is 3.71. The Hall–Kier alpha value is -0.470. The smallest absolute Gasteiger partial charge is 0.0210 e. The summed E-state index contributed by atoms with van der Waals surface area (Å²) in [5.41, 5.74) is 1.95. The molecule has 0 unspecified atom stereocenters. The van der Waals surface area contributed by atoms with Crippen LogP contribution in [-0.4, -0.2) is 24.6 Å². The van der Waals surface area contributed by atoms with Gasteiger partial charge in [-0.2, -0.15) is 11.8 Å². The number of nitrogens with one attached hydrogen (secondary N) is 1.